The first-order valence-corrected chi connectivity index (χ1v) is 18.9. The molecule has 0 saturated carbocycles. The maximum absolute atomic E-state index is 5.57. The van der Waals surface area contributed by atoms with E-state index in [-0.39, 0.29) is 0 Å². The van der Waals surface area contributed by atoms with E-state index in [9.17, 15) is 0 Å². The zero-order valence-corrected chi connectivity index (χ0v) is 30.1. The van der Waals surface area contributed by atoms with Gasteiger partial charge in [0.15, 0.2) is 0 Å². The molecular formula is C51H31N5. The zero-order valence-electron chi connectivity index (χ0n) is 30.1. The molecule has 0 atom stereocenters. The molecule has 0 fully saturated rings. The monoisotopic (exact) mass is 713 g/mol. The van der Waals surface area contributed by atoms with E-state index in [1.165, 1.54) is 37.7 Å². The maximum Gasteiger partial charge on any atom is 0.145 e. The Morgan fingerprint density at radius 1 is 0.411 bits per heavy atom. The number of fused-ring (bicyclic) bond motifs is 11. The molecule has 0 unspecified atom stereocenters. The number of nitrogens with zero attached hydrogens (tertiary/aromatic N) is 5. The number of para-hydroxylation sites is 1. The molecule has 0 spiro atoms. The molecular weight excluding hydrogens is 683 g/mol. The van der Waals surface area contributed by atoms with Crippen molar-refractivity contribution in [1.29, 1.82) is 0 Å². The molecule has 0 bridgehead atoms. The Morgan fingerprint density at radius 3 is 1.75 bits per heavy atom. The van der Waals surface area contributed by atoms with Crippen molar-refractivity contribution in [2.24, 2.45) is 0 Å². The fourth-order valence-electron chi connectivity index (χ4n) is 8.95. The zero-order chi connectivity index (χ0) is 36.7. The molecule has 0 aliphatic rings. The largest absolute Gasteiger partial charge is 0.294 e. The summed E-state index contributed by atoms with van der Waals surface area (Å²) in [5.74, 6) is 1.75. The van der Waals surface area contributed by atoms with Gasteiger partial charge in [0.25, 0.3) is 0 Å². The first-order chi connectivity index (χ1) is 27.8. The van der Waals surface area contributed by atoms with E-state index < -0.39 is 0 Å². The van der Waals surface area contributed by atoms with Gasteiger partial charge in [-0.05, 0) is 86.9 Å². The van der Waals surface area contributed by atoms with Crippen molar-refractivity contribution in [3.05, 3.63) is 188 Å². The highest BCUT2D eigenvalue weighted by atomic mass is 15.1. The molecule has 4 heterocycles. The van der Waals surface area contributed by atoms with Crippen LogP contribution >= 0.6 is 0 Å². The van der Waals surface area contributed by atoms with Crippen molar-refractivity contribution >= 4 is 75.9 Å². The maximum atomic E-state index is 5.57. The van der Waals surface area contributed by atoms with Crippen LogP contribution in [0.25, 0.3) is 110 Å². The predicted octanol–water partition coefficient (Wildman–Crippen LogP) is 12.9. The van der Waals surface area contributed by atoms with E-state index in [2.05, 4.69) is 173 Å². The Hall–Kier alpha value is -7.63. The van der Waals surface area contributed by atoms with Crippen LogP contribution in [0.3, 0.4) is 0 Å². The topological polar surface area (TPSA) is 48.5 Å². The smallest absolute Gasteiger partial charge is 0.145 e. The lowest BCUT2D eigenvalue weighted by Gasteiger charge is -2.14. The number of hydrogen-bond donors (Lipinski definition) is 0. The summed E-state index contributed by atoms with van der Waals surface area (Å²) in [6, 6.07) is 62.5. The van der Waals surface area contributed by atoms with Gasteiger partial charge < -0.3 is 0 Å². The highest BCUT2D eigenvalue weighted by molar-refractivity contribution is 6.24. The van der Waals surface area contributed by atoms with Gasteiger partial charge in [-0.15, -0.1) is 0 Å². The number of aromatic nitrogens is 5. The third-order valence-corrected chi connectivity index (χ3v) is 11.4. The van der Waals surface area contributed by atoms with Crippen LogP contribution in [-0.2, 0) is 0 Å². The summed E-state index contributed by atoms with van der Waals surface area (Å²) in [5.41, 5.74) is 8.30. The number of rotatable bonds is 4. The van der Waals surface area contributed by atoms with Crippen molar-refractivity contribution in [3.8, 4) is 34.2 Å². The second kappa shape index (κ2) is 11.9. The molecule has 0 amide bonds. The number of hydrogen-bond acceptors (Lipinski definition) is 3. The van der Waals surface area contributed by atoms with Crippen molar-refractivity contribution in [2.75, 3.05) is 0 Å². The van der Waals surface area contributed by atoms with Crippen molar-refractivity contribution in [1.82, 2.24) is 24.1 Å². The van der Waals surface area contributed by atoms with Crippen LogP contribution < -0.4 is 0 Å². The summed E-state index contributed by atoms with van der Waals surface area (Å²) >= 11 is 0. The van der Waals surface area contributed by atoms with E-state index in [0.717, 1.165) is 72.4 Å². The fraction of sp³-hybridized carbons (Fsp3) is 0. The molecule has 12 rings (SSSR count). The quantitative estimate of drug-likeness (QED) is 0.135. The number of benzene rings is 8. The van der Waals surface area contributed by atoms with Crippen LogP contribution in [0, 0.1) is 0 Å². The van der Waals surface area contributed by atoms with E-state index >= 15 is 0 Å². The molecule has 0 N–H and O–H groups in total. The molecule has 12 aromatic rings. The minimum atomic E-state index is 0.864. The number of imidazole rings is 1. The van der Waals surface area contributed by atoms with Crippen molar-refractivity contribution < 1.29 is 0 Å². The van der Waals surface area contributed by atoms with Crippen LogP contribution in [0.15, 0.2) is 188 Å². The molecule has 0 radical (unpaired) electrons. The molecule has 8 aromatic carbocycles. The standard InChI is InChI=1S/C51H31N5/c1-3-15-36-32(13-1)29-33-14-2-4-16-37(33)48(36)44-26-25-35(31-53-44)55-50-42-21-8-6-18-39(42)38-17-5-7-20-41(38)49(50)54-51(55)34-24-27-46-43(30-34)40-19-9-10-22-45(40)56(46)47-23-11-12-28-52-47/h1-31H. The Labute approximate surface area is 321 Å². The predicted molar refractivity (Wildman–Crippen MR) is 232 cm³/mol. The molecule has 5 heteroatoms. The molecule has 260 valence electrons. The summed E-state index contributed by atoms with van der Waals surface area (Å²) in [7, 11) is 0. The van der Waals surface area contributed by atoms with E-state index in [0.29, 0.717) is 0 Å². The lowest BCUT2D eigenvalue weighted by molar-refractivity contribution is 1.08. The Balaban J connectivity index is 1.14. The summed E-state index contributed by atoms with van der Waals surface area (Å²) < 4.78 is 4.57. The van der Waals surface area contributed by atoms with Crippen molar-refractivity contribution in [3.63, 3.8) is 0 Å². The second-order valence-electron chi connectivity index (χ2n) is 14.4. The lowest BCUT2D eigenvalue weighted by Crippen LogP contribution is -2.00. The molecule has 0 saturated heterocycles. The van der Waals surface area contributed by atoms with Gasteiger partial charge >= 0.3 is 0 Å². The Kier molecular flexibility index (Phi) is 6.56. The summed E-state index contributed by atoms with van der Waals surface area (Å²) in [5, 5.41) is 11.8. The molecule has 0 aliphatic heterocycles. The van der Waals surface area contributed by atoms with Gasteiger partial charge in [-0.1, -0.05) is 121 Å². The normalized spacial score (nSPS) is 11.9. The van der Waals surface area contributed by atoms with Gasteiger partial charge in [-0.3, -0.25) is 14.1 Å². The summed E-state index contributed by atoms with van der Waals surface area (Å²) in [4.78, 5) is 15.6. The number of pyridine rings is 2. The van der Waals surface area contributed by atoms with Crippen LogP contribution in [0.5, 0.6) is 0 Å². The van der Waals surface area contributed by atoms with Gasteiger partial charge in [0.2, 0.25) is 0 Å². The minimum absolute atomic E-state index is 0.864. The lowest BCUT2D eigenvalue weighted by atomic mass is 9.94. The highest BCUT2D eigenvalue weighted by Gasteiger charge is 2.22. The van der Waals surface area contributed by atoms with Gasteiger partial charge in [0.1, 0.15) is 11.6 Å². The van der Waals surface area contributed by atoms with Gasteiger partial charge in [-0.2, -0.15) is 0 Å². The van der Waals surface area contributed by atoms with Gasteiger partial charge in [0, 0.05) is 38.9 Å². The van der Waals surface area contributed by atoms with Crippen LogP contribution in [-0.4, -0.2) is 24.1 Å². The van der Waals surface area contributed by atoms with Crippen LogP contribution in [0.1, 0.15) is 0 Å². The molecule has 56 heavy (non-hydrogen) atoms. The van der Waals surface area contributed by atoms with Crippen LogP contribution in [0.2, 0.25) is 0 Å². The fourth-order valence-corrected chi connectivity index (χ4v) is 8.95. The van der Waals surface area contributed by atoms with E-state index in [1.807, 2.05) is 24.5 Å². The minimum Gasteiger partial charge on any atom is -0.294 e. The summed E-state index contributed by atoms with van der Waals surface area (Å²) in [6.45, 7) is 0. The Bertz CT molecular complexity index is 3470. The van der Waals surface area contributed by atoms with Crippen molar-refractivity contribution in [2.45, 2.75) is 0 Å². The first-order valence-electron chi connectivity index (χ1n) is 18.9. The molecule has 4 aromatic heterocycles. The molecule has 0 aliphatic carbocycles. The average molecular weight is 714 g/mol. The summed E-state index contributed by atoms with van der Waals surface area (Å²) in [6.07, 6.45) is 3.87. The first kappa shape index (κ1) is 30.8. The average Bonchev–Trinajstić information content (AvgIpc) is 3.83. The van der Waals surface area contributed by atoms with E-state index in [4.69, 9.17) is 15.0 Å². The SMILES string of the molecule is c1ccc(-n2c3ccccc3c3cc(-c4nc5c6ccccc6c6ccccc6c5n4-c4ccc(-c5c6ccccc6cc6ccccc56)nc4)ccc32)nc1. The highest BCUT2D eigenvalue weighted by Crippen LogP contribution is 2.42. The van der Waals surface area contributed by atoms with Gasteiger partial charge in [0.05, 0.1) is 39.6 Å². The van der Waals surface area contributed by atoms with Gasteiger partial charge in [-0.25, -0.2) is 9.97 Å². The van der Waals surface area contributed by atoms with E-state index in [1.54, 1.807) is 0 Å². The third kappa shape index (κ3) is 4.46. The Morgan fingerprint density at radius 2 is 1.04 bits per heavy atom. The van der Waals surface area contributed by atoms with Crippen LogP contribution in [0.4, 0.5) is 0 Å². The second-order valence-corrected chi connectivity index (χ2v) is 14.4. The molecule has 5 nitrogen and oxygen atoms in total. The third-order valence-electron chi connectivity index (χ3n) is 11.4.